The van der Waals surface area contributed by atoms with Crippen molar-refractivity contribution in [3.63, 3.8) is 0 Å². The molecule has 0 amide bonds. The van der Waals surface area contributed by atoms with E-state index in [9.17, 15) is 0 Å². The maximum absolute atomic E-state index is 6.18. The third-order valence-corrected chi connectivity index (χ3v) is 11.3. The third kappa shape index (κ3) is 10.4. The Morgan fingerprint density at radius 2 is 0.854 bits per heavy atom. The Bertz CT molecular complexity index is 1320. The summed E-state index contributed by atoms with van der Waals surface area (Å²) in [5.41, 5.74) is 0. The van der Waals surface area contributed by atoms with Crippen molar-refractivity contribution in [3.8, 4) is 34.5 Å². The van der Waals surface area contributed by atoms with Gasteiger partial charge in [-0.1, -0.05) is 0 Å². The fraction of sp³-hybridized carbons (Fsp3) is 0.200. The van der Waals surface area contributed by atoms with Crippen LogP contribution in [0.25, 0.3) is 0 Å². The molecule has 0 aliphatic heterocycles. The van der Waals surface area contributed by atoms with Crippen LogP contribution in [0.3, 0.4) is 0 Å². The maximum Gasteiger partial charge on any atom is 0.357 e. The van der Waals surface area contributed by atoms with Crippen LogP contribution in [0.4, 0.5) is 0 Å². The average molecular weight is 1120 g/mol. The number of hydrogen-bond acceptors (Lipinski definition) is 6. The molecule has 11 heteroatoms. The van der Waals surface area contributed by atoms with E-state index in [1.54, 1.807) is 0 Å². The molecule has 0 N–H and O–H groups in total. The van der Waals surface area contributed by atoms with Crippen LogP contribution in [0.5, 0.6) is 34.5 Å². The molecule has 0 atom stereocenters. The summed E-state index contributed by atoms with van der Waals surface area (Å²) in [7, 11) is 0. The van der Waals surface area contributed by atoms with E-state index in [0.29, 0.717) is 13.2 Å². The Morgan fingerprint density at radius 3 is 1.22 bits per heavy atom. The summed E-state index contributed by atoms with van der Waals surface area (Å²) in [5.74, 6) is 4.78. The molecule has 4 aromatic rings. The summed E-state index contributed by atoms with van der Waals surface area (Å²) >= 11 is 8.70. The minimum atomic E-state index is -0.339. The van der Waals surface area contributed by atoms with Crippen LogP contribution in [0, 0.1) is 21.4 Å². The van der Waals surface area contributed by atoms with E-state index in [2.05, 4.69) is 115 Å². The van der Waals surface area contributed by atoms with Crippen LogP contribution in [-0.2, 0) is 9.47 Å². The fourth-order valence-corrected chi connectivity index (χ4v) is 7.73. The molecule has 0 aromatic heterocycles. The zero-order valence-corrected chi connectivity index (χ0v) is 32.9. The monoisotopic (exact) mass is 1120 g/mol. The van der Waals surface area contributed by atoms with Gasteiger partial charge in [0.05, 0.1) is 14.3 Å². The van der Waals surface area contributed by atoms with Crippen LogP contribution in [0.2, 0.25) is 0 Å². The first-order chi connectivity index (χ1) is 19.9. The predicted molar refractivity (Wildman–Crippen MR) is 188 cm³/mol. The van der Waals surface area contributed by atoms with Crippen LogP contribution in [-0.4, -0.2) is 26.8 Å². The molecule has 0 radical (unpaired) electrons. The second-order valence-corrected chi connectivity index (χ2v) is 15.8. The first-order valence-electron chi connectivity index (χ1n) is 12.5. The molecule has 0 unspecified atom stereocenters. The van der Waals surface area contributed by atoms with Crippen molar-refractivity contribution in [1.29, 1.82) is 0 Å². The van der Waals surface area contributed by atoms with E-state index in [4.69, 9.17) is 28.4 Å². The molecule has 0 aliphatic rings. The topological polar surface area (TPSA) is 55.4 Å². The summed E-state index contributed by atoms with van der Waals surface area (Å²) in [6.45, 7) is 5.60. The molecule has 4 rings (SSSR count). The van der Waals surface area contributed by atoms with Crippen LogP contribution in [0.15, 0.2) is 72.8 Å². The molecule has 41 heavy (non-hydrogen) atoms. The van der Waals surface area contributed by atoms with E-state index in [1.807, 2.05) is 62.4 Å². The highest BCUT2D eigenvalue weighted by Crippen LogP contribution is 2.35. The van der Waals surface area contributed by atoms with Gasteiger partial charge in [0, 0.05) is 13.2 Å². The summed E-state index contributed by atoms with van der Waals surface area (Å²) in [5, 5.41) is 0. The standard InChI is InChI=1S/C30H26I5O6/c1-3-36-17-38-27-13-25(33)29(15-23(27)31)40-21-9-5-19(6-10-21)35-20-7-11-22(12-8-20)41-30-16-24(32)28(14-26(30)34)39-18-37-4-2/h5-16H,3-4,17-18H2,1-2H3/q+1. The lowest BCUT2D eigenvalue weighted by molar-refractivity contribution is -0.597. The fourth-order valence-electron chi connectivity index (χ4n) is 3.29. The van der Waals surface area contributed by atoms with Crippen molar-refractivity contribution in [1.82, 2.24) is 0 Å². The normalized spacial score (nSPS) is 10.9. The molecule has 0 fully saturated rings. The number of hydrogen-bond donors (Lipinski definition) is 0. The van der Waals surface area contributed by atoms with E-state index in [1.165, 1.54) is 7.14 Å². The van der Waals surface area contributed by atoms with Gasteiger partial charge in [-0.2, -0.15) is 0 Å². The van der Waals surface area contributed by atoms with Gasteiger partial charge in [-0.3, -0.25) is 0 Å². The minimum absolute atomic E-state index is 0.237. The molecular weight excluding hydrogens is 1090 g/mol. The predicted octanol–water partition coefficient (Wildman–Crippen LogP) is 6.56. The van der Waals surface area contributed by atoms with Crippen molar-refractivity contribution >= 4 is 90.4 Å². The molecule has 0 aliphatic carbocycles. The Balaban J connectivity index is 1.34. The smallest absolute Gasteiger partial charge is 0.357 e. The molecule has 0 saturated heterocycles. The maximum atomic E-state index is 6.18. The van der Waals surface area contributed by atoms with Crippen molar-refractivity contribution in [3.05, 3.63) is 94.2 Å². The summed E-state index contributed by atoms with van der Waals surface area (Å²) in [6, 6.07) is 24.6. The van der Waals surface area contributed by atoms with Gasteiger partial charge in [-0.25, -0.2) is 0 Å². The SMILES string of the molecule is CCOCOc1cc(I)c(Oc2ccc([I+]c3ccc(Oc4cc(I)c(OCOCC)cc4I)cc3)cc2)cc1I. The highest BCUT2D eigenvalue weighted by Gasteiger charge is 2.17. The van der Waals surface area contributed by atoms with E-state index >= 15 is 0 Å². The van der Waals surface area contributed by atoms with E-state index in [0.717, 1.165) is 48.8 Å². The molecule has 0 heterocycles. The van der Waals surface area contributed by atoms with Gasteiger partial charge < -0.3 is 28.4 Å². The zero-order chi connectivity index (χ0) is 29.2. The molecule has 6 nitrogen and oxygen atoms in total. The number of benzene rings is 4. The second kappa shape index (κ2) is 17.2. The van der Waals surface area contributed by atoms with Crippen LogP contribution in [0.1, 0.15) is 13.8 Å². The van der Waals surface area contributed by atoms with Crippen LogP contribution >= 0.6 is 90.4 Å². The Kier molecular flexibility index (Phi) is 14.1. The molecule has 216 valence electrons. The van der Waals surface area contributed by atoms with Crippen LogP contribution < -0.4 is 40.2 Å². The molecular formula is C30H26I5O6+. The highest BCUT2D eigenvalue weighted by molar-refractivity contribution is 14.1. The molecule has 0 spiro atoms. The lowest BCUT2D eigenvalue weighted by Crippen LogP contribution is -3.61. The zero-order valence-electron chi connectivity index (χ0n) is 22.1. The Labute approximate surface area is 305 Å². The van der Waals surface area contributed by atoms with Crippen molar-refractivity contribution < 1.29 is 49.6 Å². The average Bonchev–Trinajstić information content (AvgIpc) is 2.96. The highest BCUT2D eigenvalue weighted by atomic mass is 127. The molecule has 0 bridgehead atoms. The van der Waals surface area contributed by atoms with Gasteiger partial charge in [0.2, 0.25) is 0 Å². The Morgan fingerprint density at radius 1 is 0.512 bits per heavy atom. The van der Waals surface area contributed by atoms with Crippen molar-refractivity contribution in [2.45, 2.75) is 13.8 Å². The van der Waals surface area contributed by atoms with E-state index in [-0.39, 0.29) is 34.8 Å². The first-order valence-corrected chi connectivity index (χ1v) is 18.9. The third-order valence-electron chi connectivity index (χ3n) is 5.28. The summed E-state index contributed by atoms with van der Waals surface area (Å²) in [6.07, 6.45) is 0. The number of ether oxygens (including phenoxy) is 6. The second-order valence-electron chi connectivity index (χ2n) is 8.14. The number of rotatable bonds is 14. The lowest BCUT2D eigenvalue weighted by atomic mass is 10.3. The van der Waals surface area contributed by atoms with E-state index < -0.39 is 0 Å². The van der Waals surface area contributed by atoms with Gasteiger partial charge >= 0.3 is 21.2 Å². The van der Waals surface area contributed by atoms with Gasteiger partial charge in [-0.15, -0.1) is 0 Å². The number of halogens is 5. The quantitative estimate of drug-likeness (QED) is 0.0811. The molecule has 4 aromatic carbocycles. The molecule has 0 saturated carbocycles. The summed E-state index contributed by atoms with van der Waals surface area (Å²) in [4.78, 5) is 0. The first kappa shape index (κ1) is 33.5. The van der Waals surface area contributed by atoms with Crippen molar-refractivity contribution in [2.24, 2.45) is 0 Å². The van der Waals surface area contributed by atoms with Gasteiger partial charge in [0.25, 0.3) is 0 Å². The van der Waals surface area contributed by atoms with Gasteiger partial charge in [0.1, 0.15) is 34.5 Å². The van der Waals surface area contributed by atoms with Gasteiger partial charge in [-0.05, 0) is 177 Å². The lowest BCUT2D eigenvalue weighted by Gasteiger charge is -2.12. The summed E-state index contributed by atoms with van der Waals surface area (Å²) < 4.78 is 40.9. The van der Waals surface area contributed by atoms with Crippen molar-refractivity contribution in [2.75, 3.05) is 26.8 Å². The van der Waals surface area contributed by atoms with Gasteiger partial charge in [0.15, 0.2) is 20.7 Å². The Hall–Kier alpha value is -0.350. The largest absolute Gasteiger partial charge is 0.466 e. The minimum Gasteiger partial charge on any atom is -0.466 e.